The second-order valence-electron chi connectivity index (χ2n) is 11.5. The number of furan rings is 1. The molecule has 0 N–H and O–H groups in total. The maximum atomic E-state index is 6.46. The van der Waals surface area contributed by atoms with Crippen LogP contribution in [-0.2, 0) is 0 Å². The lowest BCUT2D eigenvalue weighted by atomic mass is 10.0. The molecule has 3 heterocycles. The van der Waals surface area contributed by atoms with Crippen LogP contribution in [0.25, 0.3) is 89.3 Å². The van der Waals surface area contributed by atoms with E-state index in [-0.39, 0.29) is 0 Å². The fraction of sp³-hybridized carbons (Fsp3) is 0. The molecular formula is C42H26N4O. The van der Waals surface area contributed by atoms with Gasteiger partial charge in [0.2, 0.25) is 0 Å². The Hall–Kier alpha value is -6.46. The molecule has 0 radical (unpaired) electrons. The van der Waals surface area contributed by atoms with E-state index >= 15 is 0 Å². The van der Waals surface area contributed by atoms with Crippen LogP contribution in [0.15, 0.2) is 162 Å². The third-order valence-corrected chi connectivity index (χ3v) is 8.62. The fourth-order valence-corrected chi connectivity index (χ4v) is 6.24. The quantitative estimate of drug-likeness (QED) is 0.196. The van der Waals surface area contributed by atoms with Gasteiger partial charge in [-0.05, 0) is 39.8 Å². The topological polar surface area (TPSA) is 64.7 Å². The molecule has 9 rings (SSSR count). The number of fused-ring (bicyclic) bond motifs is 5. The molecular weight excluding hydrogens is 576 g/mol. The first-order valence-electron chi connectivity index (χ1n) is 15.6. The summed E-state index contributed by atoms with van der Waals surface area (Å²) >= 11 is 0. The number of hydrogen-bond donors (Lipinski definition) is 0. The highest BCUT2D eigenvalue weighted by Gasteiger charge is 2.20. The average Bonchev–Trinajstić information content (AvgIpc) is 3.55. The number of pyridine rings is 1. The van der Waals surface area contributed by atoms with Gasteiger partial charge < -0.3 is 4.42 Å². The van der Waals surface area contributed by atoms with Gasteiger partial charge in [-0.2, -0.15) is 0 Å². The average molecular weight is 603 g/mol. The van der Waals surface area contributed by atoms with E-state index in [1.165, 1.54) is 0 Å². The lowest BCUT2D eigenvalue weighted by Gasteiger charge is -2.10. The number of hydrogen-bond acceptors (Lipinski definition) is 5. The van der Waals surface area contributed by atoms with Crippen LogP contribution < -0.4 is 0 Å². The molecule has 0 saturated carbocycles. The first-order valence-corrected chi connectivity index (χ1v) is 15.6. The van der Waals surface area contributed by atoms with Gasteiger partial charge in [-0.25, -0.2) is 15.0 Å². The summed E-state index contributed by atoms with van der Waals surface area (Å²) in [7, 11) is 0. The van der Waals surface area contributed by atoms with Crippen molar-refractivity contribution in [3.05, 3.63) is 158 Å². The van der Waals surface area contributed by atoms with E-state index < -0.39 is 0 Å². The van der Waals surface area contributed by atoms with Gasteiger partial charge >= 0.3 is 0 Å². The minimum Gasteiger partial charge on any atom is -0.455 e. The molecule has 5 heteroatoms. The van der Waals surface area contributed by atoms with Gasteiger partial charge in [0.25, 0.3) is 0 Å². The van der Waals surface area contributed by atoms with Crippen molar-refractivity contribution < 1.29 is 4.42 Å². The van der Waals surface area contributed by atoms with Crippen LogP contribution in [0.2, 0.25) is 0 Å². The van der Waals surface area contributed by atoms with Crippen molar-refractivity contribution in [2.45, 2.75) is 0 Å². The van der Waals surface area contributed by atoms with Crippen LogP contribution in [0.5, 0.6) is 0 Å². The molecule has 0 aliphatic carbocycles. The Bertz CT molecular complexity index is 2440. The first-order chi connectivity index (χ1) is 23.3. The largest absolute Gasteiger partial charge is 0.455 e. The van der Waals surface area contributed by atoms with Gasteiger partial charge in [-0.1, -0.05) is 140 Å². The molecule has 3 aromatic heterocycles. The van der Waals surface area contributed by atoms with Gasteiger partial charge in [0.1, 0.15) is 16.9 Å². The molecule has 220 valence electrons. The molecule has 0 fully saturated rings. The molecule has 5 nitrogen and oxygen atoms in total. The SMILES string of the molecule is c1ccc(-c2ccc(-c3nc(-c4ccc(-c5ccccc5)cc4)nc(-c4nccc5oc6c7ccccc7ccc6c45)n3)cc2)cc1. The molecule has 0 aliphatic heterocycles. The van der Waals surface area contributed by atoms with E-state index in [1.807, 2.05) is 54.6 Å². The van der Waals surface area contributed by atoms with Crippen LogP contribution in [0.3, 0.4) is 0 Å². The van der Waals surface area contributed by atoms with Crippen LogP contribution >= 0.6 is 0 Å². The number of benzene rings is 6. The first kappa shape index (κ1) is 26.9. The van der Waals surface area contributed by atoms with Crippen molar-refractivity contribution in [2.24, 2.45) is 0 Å². The maximum absolute atomic E-state index is 6.46. The van der Waals surface area contributed by atoms with E-state index in [4.69, 9.17) is 24.4 Å². The van der Waals surface area contributed by atoms with Crippen molar-refractivity contribution in [3.63, 3.8) is 0 Å². The molecule has 0 bridgehead atoms. The van der Waals surface area contributed by atoms with Gasteiger partial charge in [-0.15, -0.1) is 0 Å². The zero-order valence-electron chi connectivity index (χ0n) is 25.2. The molecule has 0 atom stereocenters. The summed E-state index contributed by atoms with van der Waals surface area (Å²) in [4.78, 5) is 19.9. The number of aromatic nitrogens is 4. The van der Waals surface area contributed by atoms with Gasteiger partial charge in [0, 0.05) is 28.1 Å². The third kappa shape index (κ3) is 4.82. The molecule has 9 aromatic rings. The molecule has 0 spiro atoms. The predicted octanol–water partition coefficient (Wildman–Crippen LogP) is 10.7. The molecule has 0 amide bonds. The predicted molar refractivity (Wildman–Crippen MR) is 190 cm³/mol. The van der Waals surface area contributed by atoms with Gasteiger partial charge in [-0.3, -0.25) is 4.98 Å². The monoisotopic (exact) mass is 602 g/mol. The van der Waals surface area contributed by atoms with E-state index in [2.05, 4.69) is 97.1 Å². The van der Waals surface area contributed by atoms with Crippen LogP contribution in [0, 0.1) is 0 Å². The van der Waals surface area contributed by atoms with E-state index in [9.17, 15) is 0 Å². The molecule has 47 heavy (non-hydrogen) atoms. The molecule has 0 unspecified atom stereocenters. The summed E-state index contributed by atoms with van der Waals surface area (Å²) in [5, 5.41) is 4.04. The lowest BCUT2D eigenvalue weighted by Crippen LogP contribution is -2.01. The second-order valence-corrected chi connectivity index (χ2v) is 11.5. The van der Waals surface area contributed by atoms with Gasteiger partial charge in [0.15, 0.2) is 17.5 Å². The Kier molecular flexibility index (Phi) is 6.39. The van der Waals surface area contributed by atoms with Crippen LogP contribution in [0.4, 0.5) is 0 Å². The zero-order valence-corrected chi connectivity index (χ0v) is 25.2. The highest BCUT2D eigenvalue weighted by molar-refractivity contribution is 6.18. The van der Waals surface area contributed by atoms with Gasteiger partial charge in [0.05, 0.1) is 5.39 Å². The smallest absolute Gasteiger partial charge is 0.183 e. The highest BCUT2D eigenvalue weighted by Crippen LogP contribution is 2.38. The maximum Gasteiger partial charge on any atom is 0.183 e. The second kappa shape index (κ2) is 11.2. The Morgan fingerprint density at radius 3 is 1.51 bits per heavy atom. The van der Waals surface area contributed by atoms with Crippen molar-refractivity contribution >= 4 is 32.7 Å². The normalized spacial score (nSPS) is 11.4. The molecule has 0 saturated heterocycles. The molecule has 6 aromatic carbocycles. The van der Waals surface area contributed by atoms with Crippen molar-refractivity contribution in [1.29, 1.82) is 0 Å². The number of nitrogens with zero attached hydrogens (tertiary/aromatic N) is 4. The summed E-state index contributed by atoms with van der Waals surface area (Å²) in [5.41, 5.74) is 8.58. The summed E-state index contributed by atoms with van der Waals surface area (Å²) < 4.78 is 6.46. The summed E-state index contributed by atoms with van der Waals surface area (Å²) in [5.74, 6) is 1.65. The zero-order chi connectivity index (χ0) is 31.2. The van der Waals surface area contributed by atoms with E-state index in [0.29, 0.717) is 23.2 Å². The Morgan fingerprint density at radius 2 is 0.894 bits per heavy atom. The van der Waals surface area contributed by atoms with Crippen molar-refractivity contribution in [3.8, 4) is 56.5 Å². The fourth-order valence-electron chi connectivity index (χ4n) is 6.24. The summed E-state index contributed by atoms with van der Waals surface area (Å²) in [6.07, 6.45) is 1.76. The Labute approximate surface area is 270 Å². The highest BCUT2D eigenvalue weighted by atomic mass is 16.3. The minimum atomic E-state index is 0.491. The third-order valence-electron chi connectivity index (χ3n) is 8.62. The summed E-state index contributed by atoms with van der Waals surface area (Å²) in [6.45, 7) is 0. The van der Waals surface area contributed by atoms with Crippen LogP contribution in [0.1, 0.15) is 0 Å². The van der Waals surface area contributed by atoms with E-state index in [0.717, 1.165) is 66.1 Å². The number of rotatable bonds is 5. The standard InChI is InChI=1S/C42H26N4O/c1-3-9-27(10-4-1)29-15-19-32(20-16-29)40-44-41(33-21-17-30(18-22-33)28-11-5-2-6-12-28)46-42(45-40)38-37-35-24-23-31-13-7-8-14-34(31)39(35)47-36(37)25-26-43-38/h1-26H. The van der Waals surface area contributed by atoms with Crippen molar-refractivity contribution in [1.82, 2.24) is 19.9 Å². The lowest BCUT2D eigenvalue weighted by molar-refractivity contribution is 0.672. The Morgan fingerprint density at radius 1 is 0.383 bits per heavy atom. The van der Waals surface area contributed by atoms with E-state index in [1.54, 1.807) is 6.20 Å². The Balaban J connectivity index is 1.22. The molecule has 0 aliphatic rings. The van der Waals surface area contributed by atoms with Crippen molar-refractivity contribution in [2.75, 3.05) is 0 Å². The summed E-state index contributed by atoms with van der Waals surface area (Å²) in [6, 6.07) is 51.8. The van der Waals surface area contributed by atoms with Crippen LogP contribution in [-0.4, -0.2) is 19.9 Å². The minimum absolute atomic E-state index is 0.491.